The van der Waals surface area contributed by atoms with Gasteiger partial charge in [0.1, 0.15) is 0 Å². The predicted molar refractivity (Wildman–Crippen MR) is 59.2 cm³/mol. The Balaban J connectivity index is 2.76. The summed E-state index contributed by atoms with van der Waals surface area (Å²) in [7, 11) is 4.01. The Bertz CT molecular complexity index is 76.2. The zero-order chi connectivity index (χ0) is 9.78. The average molecular weight is 187 g/mol. The van der Waals surface area contributed by atoms with Gasteiger partial charge in [0.15, 0.2) is 0 Å². The first-order chi connectivity index (χ1) is 6.41. The molecule has 0 aliphatic heterocycles. The lowest BCUT2D eigenvalue weighted by Gasteiger charge is -2.04. The van der Waals surface area contributed by atoms with Crippen molar-refractivity contribution in [2.24, 2.45) is 0 Å². The van der Waals surface area contributed by atoms with Gasteiger partial charge in [0.25, 0.3) is 0 Å². The van der Waals surface area contributed by atoms with Crippen LogP contribution in [0.1, 0.15) is 25.7 Å². The van der Waals surface area contributed by atoms with Crippen LogP contribution in [0.15, 0.2) is 0 Å². The van der Waals surface area contributed by atoms with Crippen LogP contribution in [0, 0.1) is 0 Å². The third kappa shape index (κ3) is 11.9. The van der Waals surface area contributed by atoms with Crippen molar-refractivity contribution < 1.29 is 0 Å². The molecule has 0 fully saturated rings. The fraction of sp³-hybridized carbons (Fsp3) is 1.00. The first-order valence-corrected chi connectivity index (χ1v) is 5.41. The molecule has 0 heterocycles. The maximum Gasteiger partial charge on any atom is -0.00484 e. The van der Waals surface area contributed by atoms with E-state index in [4.69, 9.17) is 0 Å². The van der Waals surface area contributed by atoms with E-state index in [-0.39, 0.29) is 0 Å². The molecule has 0 rings (SSSR count). The first kappa shape index (κ1) is 12.9. The van der Waals surface area contributed by atoms with E-state index in [0.717, 1.165) is 13.1 Å². The highest BCUT2D eigenvalue weighted by molar-refractivity contribution is 4.51. The predicted octanol–water partition coefficient (Wildman–Crippen LogP) is 0.575. The zero-order valence-corrected chi connectivity index (χ0v) is 9.16. The van der Waals surface area contributed by atoms with Crippen LogP contribution in [0.2, 0.25) is 0 Å². The second-order valence-corrected chi connectivity index (χ2v) is 3.37. The van der Waals surface area contributed by atoms with Crippen LogP contribution in [-0.2, 0) is 0 Å². The molecule has 0 spiro atoms. The summed E-state index contributed by atoms with van der Waals surface area (Å²) in [5.41, 5.74) is 0. The number of rotatable bonds is 10. The molecule has 0 aliphatic rings. The van der Waals surface area contributed by atoms with Crippen molar-refractivity contribution in [2.45, 2.75) is 25.7 Å². The van der Waals surface area contributed by atoms with Crippen LogP contribution in [0.5, 0.6) is 0 Å². The van der Waals surface area contributed by atoms with Crippen LogP contribution in [0.3, 0.4) is 0 Å². The number of hydrogen-bond acceptors (Lipinski definition) is 3. The van der Waals surface area contributed by atoms with Crippen LogP contribution >= 0.6 is 0 Å². The van der Waals surface area contributed by atoms with Crippen molar-refractivity contribution in [3.05, 3.63) is 0 Å². The van der Waals surface area contributed by atoms with Crippen LogP contribution in [0.25, 0.3) is 0 Å². The van der Waals surface area contributed by atoms with Crippen molar-refractivity contribution in [1.29, 1.82) is 0 Å². The van der Waals surface area contributed by atoms with Crippen LogP contribution in [0.4, 0.5) is 0 Å². The smallest absolute Gasteiger partial charge is 0.00484 e. The Morgan fingerprint density at radius 1 is 0.615 bits per heavy atom. The summed E-state index contributed by atoms with van der Waals surface area (Å²) >= 11 is 0. The molecular formula is C10H25N3. The number of unbranched alkanes of at least 4 members (excludes halogenated alkanes) is 2. The summed E-state index contributed by atoms with van der Waals surface area (Å²) in [6, 6.07) is 0. The highest BCUT2D eigenvalue weighted by Gasteiger charge is 1.88. The van der Waals surface area contributed by atoms with Gasteiger partial charge in [0, 0.05) is 0 Å². The van der Waals surface area contributed by atoms with Gasteiger partial charge >= 0.3 is 0 Å². The Labute approximate surface area is 82.7 Å². The Morgan fingerprint density at radius 3 is 1.38 bits per heavy atom. The Hall–Kier alpha value is -0.120. The fourth-order valence-corrected chi connectivity index (χ4v) is 1.23. The van der Waals surface area contributed by atoms with Gasteiger partial charge in [-0.1, -0.05) is 0 Å². The van der Waals surface area contributed by atoms with Crippen molar-refractivity contribution in [2.75, 3.05) is 40.3 Å². The lowest BCUT2D eigenvalue weighted by molar-refractivity contribution is 0.573. The summed E-state index contributed by atoms with van der Waals surface area (Å²) in [5.74, 6) is 0. The van der Waals surface area contributed by atoms with Gasteiger partial charge in [-0.25, -0.2) is 0 Å². The van der Waals surface area contributed by atoms with E-state index >= 15 is 0 Å². The summed E-state index contributed by atoms with van der Waals surface area (Å²) in [6.45, 7) is 4.62. The van der Waals surface area contributed by atoms with E-state index in [1.54, 1.807) is 0 Å². The van der Waals surface area contributed by atoms with Gasteiger partial charge in [-0.05, 0) is 66.0 Å². The van der Waals surface area contributed by atoms with Gasteiger partial charge in [0.05, 0.1) is 0 Å². The molecule has 0 saturated carbocycles. The fourth-order valence-electron chi connectivity index (χ4n) is 1.23. The minimum atomic E-state index is 1.14. The topological polar surface area (TPSA) is 36.1 Å². The number of nitrogens with one attached hydrogen (secondary N) is 3. The molecule has 0 aromatic carbocycles. The lowest BCUT2D eigenvalue weighted by Crippen LogP contribution is -2.19. The van der Waals surface area contributed by atoms with Gasteiger partial charge in [-0.3, -0.25) is 0 Å². The van der Waals surface area contributed by atoms with E-state index in [1.165, 1.54) is 38.8 Å². The zero-order valence-electron chi connectivity index (χ0n) is 9.16. The maximum absolute atomic E-state index is 3.45. The summed E-state index contributed by atoms with van der Waals surface area (Å²) in [6.07, 6.45) is 5.12. The molecule has 80 valence electrons. The summed E-state index contributed by atoms with van der Waals surface area (Å²) in [4.78, 5) is 0. The summed E-state index contributed by atoms with van der Waals surface area (Å²) in [5, 5.41) is 9.75. The number of hydrogen-bond donors (Lipinski definition) is 3. The van der Waals surface area contributed by atoms with Gasteiger partial charge in [-0.15, -0.1) is 0 Å². The van der Waals surface area contributed by atoms with Crippen molar-refractivity contribution >= 4 is 0 Å². The molecule has 0 aromatic heterocycles. The first-order valence-electron chi connectivity index (χ1n) is 5.41. The highest BCUT2D eigenvalue weighted by Crippen LogP contribution is 1.86. The highest BCUT2D eigenvalue weighted by atomic mass is 14.9. The minimum absolute atomic E-state index is 1.14. The summed E-state index contributed by atoms with van der Waals surface area (Å²) < 4.78 is 0. The Morgan fingerprint density at radius 2 is 1.00 bits per heavy atom. The standard InChI is InChI=1S/C10H25N3/c1-11-7-3-5-9-13-10-6-4-8-12-2/h11-13H,3-10H2,1-2H3. The molecular weight excluding hydrogens is 162 g/mol. The molecule has 0 radical (unpaired) electrons. The molecule has 13 heavy (non-hydrogen) atoms. The van der Waals surface area contributed by atoms with E-state index in [9.17, 15) is 0 Å². The van der Waals surface area contributed by atoms with E-state index < -0.39 is 0 Å². The van der Waals surface area contributed by atoms with Crippen molar-refractivity contribution in [3.8, 4) is 0 Å². The van der Waals surface area contributed by atoms with Crippen LogP contribution in [-0.4, -0.2) is 40.3 Å². The molecule has 0 atom stereocenters. The Kier molecular flexibility index (Phi) is 11.8. The maximum atomic E-state index is 3.45. The molecule has 3 heteroatoms. The second-order valence-electron chi connectivity index (χ2n) is 3.37. The third-order valence-corrected chi connectivity index (χ3v) is 2.06. The normalized spacial score (nSPS) is 10.6. The van der Waals surface area contributed by atoms with Crippen molar-refractivity contribution in [3.63, 3.8) is 0 Å². The van der Waals surface area contributed by atoms with E-state index in [1.807, 2.05) is 14.1 Å². The largest absolute Gasteiger partial charge is 0.320 e. The molecule has 0 aliphatic carbocycles. The van der Waals surface area contributed by atoms with Gasteiger partial charge in [-0.2, -0.15) is 0 Å². The second kappa shape index (κ2) is 11.9. The average Bonchev–Trinajstić information content (AvgIpc) is 2.16. The van der Waals surface area contributed by atoms with Gasteiger partial charge < -0.3 is 16.0 Å². The SMILES string of the molecule is CNCCCCNCCCCNC. The molecule has 0 aromatic rings. The van der Waals surface area contributed by atoms with Crippen molar-refractivity contribution in [1.82, 2.24) is 16.0 Å². The molecule has 0 bridgehead atoms. The molecule has 3 N–H and O–H groups in total. The van der Waals surface area contributed by atoms with Crippen LogP contribution < -0.4 is 16.0 Å². The van der Waals surface area contributed by atoms with E-state index in [0.29, 0.717) is 0 Å². The van der Waals surface area contributed by atoms with Gasteiger partial charge in [0.2, 0.25) is 0 Å². The molecule has 0 amide bonds. The monoisotopic (exact) mass is 187 g/mol. The molecule has 0 unspecified atom stereocenters. The van der Waals surface area contributed by atoms with E-state index in [2.05, 4.69) is 16.0 Å². The quantitative estimate of drug-likeness (QED) is 0.438. The third-order valence-electron chi connectivity index (χ3n) is 2.06. The molecule has 0 saturated heterocycles. The molecule has 3 nitrogen and oxygen atoms in total. The lowest BCUT2D eigenvalue weighted by atomic mass is 10.3. The minimum Gasteiger partial charge on any atom is -0.320 e.